The van der Waals surface area contributed by atoms with E-state index in [-0.39, 0.29) is 0 Å². The first-order chi connectivity index (χ1) is 10.3. The molecule has 0 aromatic carbocycles. The number of rotatable bonds is 6. The zero-order chi connectivity index (χ0) is 14.7. The molecule has 2 aliphatic rings. The highest BCUT2D eigenvalue weighted by Crippen LogP contribution is 2.30. The van der Waals surface area contributed by atoms with E-state index >= 15 is 0 Å². The van der Waals surface area contributed by atoms with Crippen molar-refractivity contribution in [2.75, 3.05) is 36.5 Å². The normalized spacial score (nSPS) is 25.0. The molecule has 3 rings (SSSR count). The molecule has 0 amide bonds. The average Bonchev–Trinajstić information content (AvgIpc) is 3.10. The minimum Gasteiger partial charge on any atom is -0.370 e. The van der Waals surface area contributed by atoms with Crippen LogP contribution in [0.2, 0.25) is 0 Å². The molecule has 3 heterocycles. The minimum absolute atomic E-state index is 0.538. The molecule has 2 fully saturated rings. The fourth-order valence-corrected chi connectivity index (χ4v) is 3.75. The Labute approximate surface area is 131 Å². The third-order valence-corrected chi connectivity index (χ3v) is 4.93. The van der Waals surface area contributed by atoms with Crippen LogP contribution < -0.4 is 10.6 Å². The summed E-state index contributed by atoms with van der Waals surface area (Å²) in [4.78, 5) is 11.8. The van der Waals surface area contributed by atoms with Crippen LogP contribution in [0.3, 0.4) is 0 Å². The highest BCUT2D eigenvalue weighted by atomic mass is 32.2. The van der Waals surface area contributed by atoms with Crippen LogP contribution in [0.15, 0.2) is 11.2 Å². The van der Waals surface area contributed by atoms with Crippen LogP contribution in [0.1, 0.15) is 32.6 Å². The van der Waals surface area contributed by atoms with Crippen molar-refractivity contribution >= 4 is 23.4 Å². The van der Waals surface area contributed by atoms with E-state index in [9.17, 15) is 0 Å². The summed E-state index contributed by atoms with van der Waals surface area (Å²) in [7, 11) is 0. The number of aromatic nitrogens is 2. The summed E-state index contributed by atoms with van der Waals surface area (Å²) in [5.41, 5.74) is 0. The first-order valence-corrected chi connectivity index (χ1v) is 9.20. The third kappa shape index (κ3) is 3.43. The average molecular weight is 307 g/mol. The number of nitrogens with zero attached hydrogens (tertiary/aromatic N) is 3. The molecule has 0 bridgehead atoms. The third-order valence-electron chi connectivity index (χ3n) is 4.38. The van der Waals surface area contributed by atoms with E-state index in [0.717, 1.165) is 29.8 Å². The van der Waals surface area contributed by atoms with Gasteiger partial charge in [-0.25, -0.2) is 9.97 Å². The van der Waals surface area contributed by atoms with Gasteiger partial charge in [0.1, 0.15) is 11.6 Å². The number of hydrogen-bond donors (Lipinski definition) is 2. The van der Waals surface area contributed by atoms with Gasteiger partial charge in [0.2, 0.25) is 0 Å². The fourth-order valence-electron chi connectivity index (χ4n) is 3.37. The van der Waals surface area contributed by atoms with Gasteiger partial charge in [0.15, 0.2) is 5.16 Å². The molecule has 6 heteroatoms. The Kier molecular flexibility index (Phi) is 4.85. The fraction of sp³-hybridized carbons (Fsp3) is 0.733. The summed E-state index contributed by atoms with van der Waals surface area (Å²) in [6, 6.07) is 3.29. The number of anilines is 2. The van der Waals surface area contributed by atoms with Crippen molar-refractivity contribution in [2.24, 2.45) is 0 Å². The first kappa shape index (κ1) is 14.9. The SMILES string of the molecule is CCCNc1cc(NC2CCN3CCCC23)nc(SC)n1. The van der Waals surface area contributed by atoms with Crippen LogP contribution in [0.4, 0.5) is 11.6 Å². The molecule has 0 aliphatic carbocycles. The van der Waals surface area contributed by atoms with E-state index in [1.54, 1.807) is 11.8 Å². The predicted molar refractivity (Wildman–Crippen MR) is 89.2 cm³/mol. The lowest BCUT2D eigenvalue weighted by Gasteiger charge is -2.22. The number of nitrogens with one attached hydrogen (secondary N) is 2. The smallest absolute Gasteiger partial charge is 0.191 e. The van der Waals surface area contributed by atoms with Gasteiger partial charge in [-0.1, -0.05) is 18.7 Å². The van der Waals surface area contributed by atoms with Gasteiger partial charge in [0, 0.05) is 31.2 Å². The highest BCUT2D eigenvalue weighted by Gasteiger charge is 2.37. The maximum Gasteiger partial charge on any atom is 0.191 e. The lowest BCUT2D eigenvalue weighted by atomic mass is 10.1. The Hall–Kier alpha value is -1.01. The van der Waals surface area contributed by atoms with Crippen LogP contribution in [0.5, 0.6) is 0 Å². The van der Waals surface area contributed by atoms with Crippen LogP contribution in [0, 0.1) is 0 Å². The molecule has 2 aliphatic heterocycles. The Morgan fingerprint density at radius 3 is 2.95 bits per heavy atom. The molecule has 0 spiro atoms. The van der Waals surface area contributed by atoms with Gasteiger partial charge in [0.05, 0.1) is 0 Å². The van der Waals surface area contributed by atoms with Crippen molar-refractivity contribution < 1.29 is 0 Å². The molecule has 5 nitrogen and oxygen atoms in total. The highest BCUT2D eigenvalue weighted by molar-refractivity contribution is 7.98. The van der Waals surface area contributed by atoms with E-state index in [0.29, 0.717) is 12.1 Å². The first-order valence-electron chi connectivity index (χ1n) is 7.97. The number of fused-ring (bicyclic) bond motifs is 1. The van der Waals surface area contributed by atoms with Crippen molar-refractivity contribution in [2.45, 2.75) is 49.8 Å². The summed E-state index contributed by atoms with van der Waals surface area (Å²) in [6.07, 6.45) is 7.00. The largest absolute Gasteiger partial charge is 0.370 e. The van der Waals surface area contributed by atoms with Crippen molar-refractivity contribution in [1.82, 2.24) is 14.9 Å². The van der Waals surface area contributed by atoms with Crippen LogP contribution in [-0.2, 0) is 0 Å². The Balaban J connectivity index is 1.71. The molecule has 1 aromatic heterocycles. The van der Waals surface area contributed by atoms with Gasteiger partial charge in [0.25, 0.3) is 0 Å². The van der Waals surface area contributed by atoms with E-state index in [2.05, 4.69) is 32.4 Å². The molecule has 1 aromatic rings. The van der Waals surface area contributed by atoms with Crippen molar-refractivity contribution in [3.05, 3.63) is 6.07 Å². The molecule has 2 unspecified atom stereocenters. The lowest BCUT2D eigenvalue weighted by Crippen LogP contribution is -2.34. The number of thioether (sulfide) groups is 1. The standard InChI is InChI=1S/C15H25N5S/c1-3-7-16-13-10-14(19-15(18-13)21-2)17-11-6-9-20-8-4-5-12(11)20/h10-12H,3-9H2,1-2H3,(H2,16,17,18,19). The molecule has 116 valence electrons. The van der Waals surface area contributed by atoms with E-state index < -0.39 is 0 Å². The topological polar surface area (TPSA) is 53.1 Å². The molecular formula is C15H25N5S. The van der Waals surface area contributed by atoms with Gasteiger partial charge in [-0.15, -0.1) is 0 Å². The zero-order valence-corrected chi connectivity index (χ0v) is 13.7. The van der Waals surface area contributed by atoms with E-state index in [1.165, 1.54) is 32.4 Å². The Morgan fingerprint density at radius 1 is 1.29 bits per heavy atom. The monoisotopic (exact) mass is 307 g/mol. The quantitative estimate of drug-likeness (QED) is 0.622. The van der Waals surface area contributed by atoms with Gasteiger partial charge < -0.3 is 10.6 Å². The second kappa shape index (κ2) is 6.83. The summed E-state index contributed by atoms with van der Waals surface area (Å²) in [6.45, 7) is 5.61. The molecule has 2 N–H and O–H groups in total. The van der Waals surface area contributed by atoms with Gasteiger partial charge in [-0.05, 0) is 38.5 Å². The van der Waals surface area contributed by atoms with Gasteiger partial charge in [-0.2, -0.15) is 0 Å². The maximum atomic E-state index is 4.62. The second-order valence-corrected chi connectivity index (χ2v) is 6.61. The van der Waals surface area contributed by atoms with Crippen LogP contribution >= 0.6 is 11.8 Å². The van der Waals surface area contributed by atoms with Gasteiger partial charge >= 0.3 is 0 Å². The zero-order valence-electron chi connectivity index (χ0n) is 12.9. The molecule has 2 saturated heterocycles. The summed E-state index contributed by atoms with van der Waals surface area (Å²) in [5, 5.41) is 7.86. The second-order valence-electron chi connectivity index (χ2n) is 5.84. The summed E-state index contributed by atoms with van der Waals surface area (Å²) in [5.74, 6) is 1.90. The van der Waals surface area contributed by atoms with Gasteiger partial charge in [-0.3, -0.25) is 4.90 Å². The molecule has 2 atom stereocenters. The Morgan fingerprint density at radius 2 is 2.14 bits per heavy atom. The van der Waals surface area contributed by atoms with Crippen LogP contribution in [0.25, 0.3) is 0 Å². The van der Waals surface area contributed by atoms with Crippen molar-refractivity contribution in [1.29, 1.82) is 0 Å². The molecule has 21 heavy (non-hydrogen) atoms. The van der Waals surface area contributed by atoms with E-state index in [1.807, 2.05) is 12.3 Å². The van der Waals surface area contributed by atoms with Crippen LogP contribution in [-0.4, -0.2) is 52.8 Å². The maximum absolute atomic E-state index is 4.62. The van der Waals surface area contributed by atoms with Crippen molar-refractivity contribution in [3.8, 4) is 0 Å². The minimum atomic E-state index is 0.538. The Bertz CT molecular complexity index is 481. The predicted octanol–water partition coefficient (Wildman–Crippen LogP) is 2.67. The summed E-state index contributed by atoms with van der Waals surface area (Å²) >= 11 is 1.60. The molecule has 0 saturated carbocycles. The lowest BCUT2D eigenvalue weighted by molar-refractivity contribution is 0.318. The van der Waals surface area contributed by atoms with E-state index in [4.69, 9.17) is 0 Å². The molecule has 0 radical (unpaired) electrons. The summed E-state index contributed by atoms with van der Waals surface area (Å²) < 4.78 is 0. The van der Waals surface area contributed by atoms with Crippen molar-refractivity contribution in [3.63, 3.8) is 0 Å². The molecular weight excluding hydrogens is 282 g/mol. The number of hydrogen-bond acceptors (Lipinski definition) is 6.